The van der Waals surface area contributed by atoms with Crippen molar-refractivity contribution in [3.05, 3.63) is 41.5 Å². The average Bonchev–Trinajstić information content (AvgIpc) is 3.21. The van der Waals surface area contributed by atoms with E-state index in [9.17, 15) is 9.59 Å². The number of nitrogens with zero attached hydrogens (tertiary/aromatic N) is 1. The summed E-state index contributed by atoms with van der Waals surface area (Å²) in [5.41, 5.74) is 1.90. The number of amides is 1. The first-order valence-corrected chi connectivity index (χ1v) is 9.58. The van der Waals surface area contributed by atoms with Crippen molar-refractivity contribution in [1.82, 2.24) is 4.90 Å². The van der Waals surface area contributed by atoms with E-state index in [-0.39, 0.29) is 23.8 Å². The van der Waals surface area contributed by atoms with Gasteiger partial charge in [-0.3, -0.25) is 9.59 Å². The van der Waals surface area contributed by atoms with Gasteiger partial charge in [-0.2, -0.15) is 0 Å². The second-order valence-corrected chi connectivity index (χ2v) is 7.98. The number of para-hydroxylation sites is 1. The number of carbonyl (C=O) groups is 2. The maximum absolute atomic E-state index is 13.2. The van der Waals surface area contributed by atoms with Crippen molar-refractivity contribution in [2.24, 2.45) is 11.8 Å². The number of esters is 1. The second-order valence-electron chi connectivity index (χ2n) is 7.98. The zero-order valence-electron chi connectivity index (χ0n) is 15.6. The molecule has 27 heavy (non-hydrogen) atoms. The molecule has 0 radical (unpaired) electrons. The van der Waals surface area contributed by atoms with Crippen LogP contribution in [0.1, 0.15) is 25.3 Å². The highest BCUT2D eigenvalue weighted by molar-refractivity contribution is 5.81. The fraction of sp³-hybridized carbons (Fsp3) is 0.524. The summed E-state index contributed by atoms with van der Waals surface area (Å²) in [5.74, 6) is -0.477. The van der Waals surface area contributed by atoms with E-state index in [4.69, 9.17) is 9.47 Å². The number of hydrogen-bond donors (Lipinski definition) is 1. The molecular formula is C21H24N2O4. The lowest BCUT2D eigenvalue weighted by atomic mass is 9.51. The molecular weight excluding hydrogens is 344 g/mol. The Morgan fingerprint density at radius 2 is 2.22 bits per heavy atom. The molecule has 142 valence electrons. The van der Waals surface area contributed by atoms with Crippen LogP contribution in [0.5, 0.6) is 0 Å². The van der Waals surface area contributed by atoms with E-state index in [0.717, 1.165) is 29.7 Å². The number of likely N-dealkylation sites (tertiary alicyclic amines) is 1. The quantitative estimate of drug-likeness (QED) is 0.492. The molecule has 4 aliphatic rings. The van der Waals surface area contributed by atoms with Crippen molar-refractivity contribution in [3.63, 3.8) is 0 Å². The van der Waals surface area contributed by atoms with Gasteiger partial charge in [0, 0.05) is 12.2 Å². The molecule has 0 aromatic heterocycles. The van der Waals surface area contributed by atoms with Gasteiger partial charge >= 0.3 is 5.97 Å². The minimum Gasteiger partial charge on any atom is -0.469 e. The Balaban J connectivity index is 1.80. The number of nitrogens with one attached hydrogen (secondary N) is 1. The normalized spacial score (nSPS) is 40.0. The topological polar surface area (TPSA) is 67.9 Å². The van der Waals surface area contributed by atoms with Crippen LogP contribution in [-0.2, 0) is 24.5 Å². The fourth-order valence-electron chi connectivity index (χ4n) is 6.35. The number of carbonyl (C=O) groups excluding carboxylic acids is 2. The van der Waals surface area contributed by atoms with Crippen LogP contribution in [0, 0.1) is 11.8 Å². The molecule has 2 saturated heterocycles. The molecule has 1 aromatic carbocycles. The molecule has 6 heteroatoms. The maximum Gasteiger partial charge on any atom is 0.310 e. The van der Waals surface area contributed by atoms with Gasteiger partial charge in [0.05, 0.1) is 31.1 Å². The first kappa shape index (κ1) is 16.8. The predicted octanol–water partition coefficient (Wildman–Crippen LogP) is 2.06. The monoisotopic (exact) mass is 368 g/mol. The highest BCUT2D eigenvalue weighted by Gasteiger charge is 2.76. The molecule has 3 aliphatic heterocycles. The van der Waals surface area contributed by atoms with E-state index in [0.29, 0.717) is 19.6 Å². The standard InChI is InChI=1S/C21H24N2O4/c1-3-13-11-23(12-24)17-10-14(13)18(19(25)26-2)20-8-9-27-21(17,20)22-16-7-5-4-6-15(16)20/h3-7,12,14,17-18,22H,8-11H2,1-2H3/b13-3+/t14-,17+,18?,20+,21+/m1/s1. The van der Waals surface area contributed by atoms with Gasteiger partial charge in [0.15, 0.2) is 5.72 Å². The largest absolute Gasteiger partial charge is 0.469 e. The number of rotatable bonds is 2. The third-order valence-electron chi connectivity index (χ3n) is 7.30. The van der Waals surface area contributed by atoms with Crippen LogP contribution in [0.25, 0.3) is 0 Å². The van der Waals surface area contributed by atoms with Gasteiger partial charge in [-0.1, -0.05) is 29.8 Å². The number of ether oxygens (including phenoxy) is 2. The second kappa shape index (κ2) is 5.58. The Hall–Kier alpha value is -2.34. The smallest absolute Gasteiger partial charge is 0.310 e. The van der Waals surface area contributed by atoms with Gasteiger partial charge in [0.2, 0.25) is 6.41 Å². The van der Waals surface area contributed by atoms with E-state index < -0.39 is 11.1 Å². The molecule has 3 heterocycles. The number of hydrogen-bond acceptors (Lipinski definition) is 5. The molecule has 1 unspecified atom stereocenters. The third-order valence-corrected chi connectivity index (χ3v) is 7.30. The summed E-state index contributed by atoms with van der Waals surface area (Å²) in [5, 5.41) is 3.61. The summed E-state index contributed by atoms with van der Waals surface area (Å²) in [6, 6.07) is 8.00. The lowest BCUT2D eigenvalue weighted by Gasteiger charge is -2.59. The van der Waals surface area contributed by atoms with Gasteiger partial charge in [0.25, 0.3) is 0 Å². The predicted molar refractivity (Wildman–Crippen MR) is 99.0 cm³/mol. The van der Waals surface area contributed by atoms with Crippen LogP contribution in [0.2, 0.25) is 0 Å². The van der Waals surface area contributed by atoms with Gasteiger partial charge < -0.3 is 19.7 Å². The Morgan fingerprint density at radius 1 is 1.41 bits per heavy atom. The van der Waals surface area contributed by atoms with Gasteiger partial charge in [-0.25, -0.2) is 0 Å². The van der Waals surface area contributed by atoms with Crippen molar-refractivity contribution >= 4 is 18.1 Å². The van der Waals surface area contributed by atoms with Crippen LogP contribution >= 0.6 is 0 Å². The molecule has 1 aromatic rings. The SMILES string of the molecule is C/C=C1\CN(C=O)[C@H]2C[C@H]1C(C(=O)OC)[C@@]13CCO[C@@]21Nc1ccccc13. The minimum atomic E-state index is -0.785. The number of allylic oxidation sites excluding steroid dienone is 1. The number of anilines is 1. The Labute approximate surface area is 158 Å². The van der Waals surface area contributed by atoms with Crippen molar-refractivity contribution < 1.29 is 19.1 Å². The minimum absolute atomic E-state index is 0.0476. The van der Waals surface area contributed by atoms with Crippen LogP contribution in [0.3, 0.4) is 0 Å². The van der Waals surface area contributed by atoms with Crippen LogP contribution in [-0.4, -0.2) is 49.3 Å². The molecule has 1 saturated carbocycles. The highest BCUT2D eigenvalue weighted by atomic mass is 16.5. The fourth-order valence-corrected chi connectivity index (χ4v) is 6.35. The summed E-state index contributed by atoms with van der Waals surface area (Å²) in [4.78, 5) is 27.0. The molecule has 1 aliphatic carbocycles. The summed E-state index contributed by atoms with van der Waals surface area (Å²) >= 11 is 0. The molecule has 6 nitrogen and oxygen atoms in total. The Bertz CT molecular complexity index is 852. The van der Waals surface area contributed by atoms with Crippen molar-refractivity contribution in [1.29, 1.82) is 0 Å². The first-order chi connectivity index (χ1) is 13.1. The highest BCUT2D eigenvalue weighted by Crippen LogP contribution is 2.66. The van der Waals surface area contributed by atoms with Gasteiger partial charge in [-0.15, -0.1) is 0 Å². The molecule has 2 bridgehead atoms. The van der Waals surface area contributed by atoms with Crippen molar-refractivity contribution in [3.8, 4) is 0 Å². The van der Waals surface area contributed by atoms with Crippen LogP contribution in [0.4, 0.5) is 5.69 Å². The number of methoxy groups -OCH3 is 1. The number of piperidine rings is 1. The lowest BCUT2D eigenvalue weighted by molar-refractivity contribution is -0.172. The third kappa shape index (κ3) is 1.79. The Kier molecular flexibility index (Phi) is 3.47. The summed E-state index contributed by atoms with van der Waals surface area (Å²) < 4.78 is 11.7. The average molecular weight is 368 g/mol. The van der Waals surface area contributed by atoms with E-state index in [1.807, 2.05) is 30.0 Å². The summed E-state index contributed by atoms with van der Waals surface area (Å²) in [6.07, 6.45) is 4.41. The zero-order chi connectivity index (χ0) is 18.8. The van der Waals surface area contributed by atoms with E-state index in [2.05, 4.69) is 17.5 Å². The summed E-state index contributed by atoms with van der Waals surface area (Å²) in [7, 11) is 1.46. The zero-order valence-corrected chi connectivity index (χ0v) is 15.6. The molecule has 3 fully saturated rings. The van der Waals surface area contributed by atoms with Crippen LogP contribution < -0.4 is 5.32 Å². The molecule has 1 N–H and O–H groups in total. The van der Waals surface area contributed by atoms with Crippen molar-refractivity contribution in [2.45, 2.75) is 36.9 Å². The first-order valence-electron chi connectivity index (χ1n) is 9.58. The van der Waals surface area contributed by atoms with Gasteiger partial charge in [-0.05, 0) is 37.3 Å². The summed E-state index contributed by atoms with van der Waals surface area (Å²) in [6.45, 7) is 3.07. The molecule has 5 rings (SSSR count). The van der Waals surface area contributed by atoms with E-state index in [1.165, 1.54) is 7.11 Å². The van der Waals surface area contributed by atoms with Gasteiger partial charge in [0.1, 0.15) is 0 Å². The van der Waals surface area contributed by atoms with Crippen LogP contribution in [0.15, 0.2) is 35.9 Å². The molecule has 5 atom stereocenters. The lowest BCUT2D eigenvalue weighted by Crippen LogP contribution is -2.73. The molecule has 1 amide bonds. The number of fused-ring (bicyclic) bond motifs is 3. The van der Waals surface area contributed by atoms with E-state index in [1.54, 1.807) is 0 Å². The Morgan fingerprint density at radius 3 is 2.96 bits per heavy atom. The number of benzene rings is 1. The molecule has 0 spiro atoms. The maximum atomic E-state index is 13.2. The van der Waals surface area contributed by atoms with Crippen molar-refractivity contribution in [2.75, 3.05) is 25.6 Å². The van der Waals surface area contributed by atoms with E-state index >= 15 is 0 Å².